The van der Waals surface area contributed by atoms with Crippen molar-refractivity contribution < 1.29 is 91.2 Å². The van der Waals surface area contributed by atoms with Gasteiger partial charge < -0.3 is 10.2 Å². The standard InChI is InChI=1S/C2H5O.CH3O.K.Na/c1-2-3;1-2;;/h2H2,1H3;1H3;;/q2*-1;2*+1. The fourth-order valence-corrected chi connectivity index (χ4v) is 0. The Morgan fingerprint density at radius 3 is 1.29 bits per heavy atom. The van der Waals surface area contributed by atoms with Crippen molar-refractivity contribution in [3.63, 3.8) is 0 Å². The van der Waals surface area contributed by atoms with E-state index >= 15 is 0 Å². The van der Waals surface area contributed by atoms with Crippen LogP contribution in [0.4, 0.5) is 0 Å². The van der Waals surface area contributed by atoms with Gasteiger partial charge in [0.15, 0.2) is 0 Å². The molecule has 0 saturated heterocycles. The first-order valence-corrected chi connectivity index (χ1v) is 1.40. The van der Waals surface area contributed by atoms with Crippen molar-refractivity contribution in [2.45, 2.75) is 6.92 Å². The molecular formula is C3H8KNaO2. The number of rotatable bonds is 0. The predicted octanol–water partition coefficient (Wildman–Crippen LogP) is -7.65. The molecule has 0 heterocycles. The quantitative estimate of drug-likeness (QED) is 0.312. The van der Waals surface area contributed by atoms with E-state index in [-0.39, 0.29) is 87.5 Å². The second-order valence-corrected chi connectivity index (χ2v) is 0.289. The van der Waals surface area contributed by atoms with E-state index in [2.05, 4.69) is 0 Å². The first-order chi connectivity index (χ1) is 2.41. The van der Waals surface area contributed by atoms with E-state index in [1.807, 2.05) is 0 Å². The third-order valence-electron chi connectivity index (χ3n) is 0. The molecule has 0 aliphatic rings. The maximum Gasteiger partial charge on any atom is 1.00 e. The van der Waals surface area contributed by atoms with Gasteiger partial charge in [0.1, 0.15) is 0 Å². The molecule has 4 heteroatoms. The van der Waals surface area contributed by atoms with Crippen LogP contribution in [0.25, 0.3) is 0 Å². The average Bonchev–Trinajstić information content (AvgIpc) is 1.46. The Bertz CT molecular complexity index is 12.9. The van der Waals surface area contributed by atoms with Crippen LogP contribution in [0.1, 0.15) is 6.92 Å². The fourth-order valence-electron chi connectivity index (χ4n) is 0. The fraction of sp³-hybridized carbons (Fsp3) is 1.00. The molecule has 0 N–H and O–H groups in total. The van der Waals surface area contributed by atoms with E-state index in [9.17, 15) is 0 Å². The molecule has 0 rings (SSSR count). The smallest absolute Gasteiger partial charge is 0.857 e. The largest absolute Gasteiger partial charge is 1.00 e. The third kappa shape index (κ3) is 56.3. The molecule has 0 aliphatic carbocycles. The molecule has 0 fully saturated rings. The van der Waals surface area contributed by atoms with Gasteiger partial charge in [0.05, 0.1) is 0 Å². The predicted molar refractivity (Wildman–Crippen MR) is 16.5 cm³/mol. The van der Waals surface area contributed by atoms with Crippen molar-refractivity contribution in [3.05, 3.63) is 0 Å². The number of hydrogen-bond donors (Lipinski definition) is 0. The molecule has 0 atom stereocenters. The van der Waals surface area contributed by atoms with Crippen LogP contribution in [0.15, 0.2) is 0 Å². The van der Waals surface area contributed by atoms with Crippen LogP contribution in [0.5, 0.6) is 0 Å². The van der Waals surface area contributed by atoms with E-state index in [4.69, 9.17) is 10.2 Å². The first kappa shape index (κ1) is 22.7. The zero-order valence-corrected chi connectivity index (χ0v) is 10.6. The molecule has 0 amide bonds. The van der Waals surface area contributed by atoms with Crippen LogP contribution in [-0.4, -0.2) is 13.7 Å². The van der Waals surface area contributed by atoms with Gasteiger partial charge in [0, 0.05) is 0 Å². The van der Waals surface area contributed by atoms with E-state index < -0.39 is 0 Å². The second-order valence-electron chi connectivity index (χ2n) is 0.289. The zero-order chi connectivity index (χ0) is 4.71. The van der Waals surface area contributed by atoms with Crippen LogP contribution >= 0.6 is 0 Å². The van der Waals surface area contributed by atoms with Crippen molar-refractivity contribution in [2.75, 3.05) is 13.7 Å². The van der Waals surface area contributed by atoms with Gasteiger partial charge in [0.25, 0.3) is 0 Å². The van der Waals surface area contributed by atoms with E-state index in [1.54, 1.807) is 6.92 Å². The molecule has 0 spiro atoms. The minimum absolute atomic E-state index is 0. The Morgan fingerprint density at radius 1 is 1.29 bits per heavy atom. The summed E-state index contributed by atoms with van der Waals surface area (Å²) in [6.45, 7) is 1.57. The van der Waals surface area contributed by atoms with Crippen LogP contribution in [0.3, 0.4) is 0 Å². The van der Waals surface area contributed by atoms with Gasteiger partial charge in [-0.05, 0) is 0 Å². The molecule has 0 saturated carbocycles. The molecule has 0 aromatic carbocycles. The minimum atomic E-state index is 0. The van der Waals surface area contributed by atoms with Gasteiger partial charge in [-0.15, -0.1) is 6.61 Å². The van der Waals surface area contributed by atoms with Gasteiger partial charge in [0.2, 0.25) is 0 Å². The summed E-state index contributed by atoms with van der Waals surface area (Å²) < 4.78 is 0. The summed E-state index contributed by atoms with van der Waals surface area (Å²) in [5, 5.41) is 17.2. The molecule has 0 aliphatic heterocycles. The van der Waals surface area contributed by atoms with Crippen molar-refractivity contribution in [1.82, 2.24) is 0 Å². The molecular weight excluding hydrogens is 130 g/mol. The SMILES string of the molecule is CC[O-].C[O-].[K+].[Na+]. The Balaban J connectivity index is -0.0000000105. The van der Waals surface area contributed by atoms with E-state index in [0.717, 1.165) is 7.11 Å². The summed E-state index contributed by atoms with van der Waals surface area (Å²) in [6.07, 6.45) is 0. The molecule has 2 nitrogen and oxygen atoms in total. The van der Waals surface area contributed by atoms with E-state index in [0.29, 0.717) is 0 Å². The molecule has 0 unspecified atom stereocenters. The maximum absolute atomic E-state index is 8.93. The van der Waals surface area contributed by atoms with Crippen LogP contribution in [0.2, 0.25) is 0 Å². The maximum atomic E-state index is 8.93. The Labute approximate surface area is 109 Å². The topological polar surface area (TPSA) is 46.1 Å². The van der Waals surface area contributed by atoms with Gasteiger partial charge in [-0.25, -0.2) is 0 Å². The van der Waals surface area contributed by atoms with Crippen molar-refractivity contribution in [1.29, 1.82) is 0 Å². The first-order valence-electron chi connectivity index (χ1n) is 1.40. The summed E-state index contributed by atoms with van der Waals surface area (Å²) in [5.41, 5.74) is 0. The number of hydrogen-bond acceptors (Lipinski definition) is 2. The molecule has 7 heavy (non-hydrogen) atoms. The third-order valence-corrected chi connectivity index (χ3v) is 0. The van der Waals surface area contributed by atoms with Gasteiger partial charge in [-0.3, -0.25) is 0 Å². The van der Waals surface area contributed by atoms with Crippen molar-refractivity contribution in [2.24, 2.45) is 0 Å². The average molecular weight is 138 g/mol. The van der Waals surface area contributed by atoms with Crippen LogP contribution in [0, 0.1) is 0 Å². The van der Waals surface area contributed by atoms with E-state index in [1.165, 1.54) is 0 Å². The summed E-state index contributed by atoms with van der Waals surface area (Å²) in [5.74, 6) is 0. The van der Waals surface area contributed by atoms with Crippen molar-refractivity contribution in [3.8, 4) is 0 Å². The molecule has 0 aromatic heterocycles. The minimum Gasteiger partial charge on any atom is -0.857 e. The Kier molecular flexibility index (Phi) is 125. The monoisotopic (exact) mass is 138 g/mol. The molecule has 0 aromatic rings. The zero-order valence-electron chi connectivity index (χ0n) is 5.52. The molecule has 0 radical (unpaired) electrons. The van der Waals surface area contributed by atoms with Gasteiger partial charge in [-0.1, -0.05) is 6.92 Å². The Hall–Kier alpha value is 2.56. The summed E-state index contributed by atoms with van der Waals surface area (Å²) in [7, 11) is 0.750. The summed E-state index contributed by atoms with van der Waals surface area (Å²) in [6, 6.07) is 0. The second kappa shape index (κ2) is 38.6. The van der Waals surface area contributed by atoms with Crippen molar-refractivity contribution >= 4 is 0 Å². The molecule has 34 valence electrons. The van der Waals surface area contributed by atoms with Gasteiger partial charge in [-0.2, -0.15) is 7.11 Å². The summed E-state index contributed by atoms with van der Waals surface area (Å²) in [4.78, 5) is 0. The molecule has 0 bridgehead atoms. The normalized spacial score (nSPS) is 3.43. The van der Waals surface area contributed by atoms with Gasteiger partial charge >= 0.3 is 80.9 Å². The van der Waals surface area contributed by atoms with Crippen LogP contribution in [-0.2, 0) is 0 Å². The summed E-state index contributed by atoms with van der Waals surface area (Å²) >= 11 is 0. The van der Waals surface area contributed by atoms with Crippen LogP contribution < -0.4 is 91.2 Å². The Morgan fingerprint density at radius 2 is 1.29 bits per heavy atom.